The lowest BCUT2D eigenvalue weighted by molar-refractivity contribution is 0.0603. The van der Waals surface area contributed by atoms with Crippen LogP contribution in [0.25, 0.3) is 31.8 Å². The molecule has 0 aliphatic rings. The summed E-state index contributed by atoms with van der Waals surface area (Å²) in [6.45, 7) is -0.698. The first-order valence-corrected chi connectivity index (χ1v) is 7.00. The Morgan fingerprint density at radius 1 is 1.32 bits per heavy atom. The molecule has 25 heavy (non-hydrogen) atoms. The van der Waals surface area contributed by atoms with Crippen LogP contribution in [0.3, 0.4) is 0 Å². The van der Waals surface area contributed by atoms with E-state index in [1.165, 1.54) is 18.0 Å². The molecule has 0 saturated heterocycles. The molecule has 0 radical (unpaired) electrons. The number of nitrogens with zero attached hydrogens (tertiary/aromatic N) is 9. The van der Waals surface area contributed by atoms with Gasteiger partial charge >= 0.3 is 5.97 Å². The number of ether oxygens (including phenoxy) is 1. The highest BCUT2D eigenvalue weighted by molar-refractivity contribution is 6.03. The molecule has 0 fully saturated rings. The van der Waals surface area contributed by atoms with Crippen LogP contribution in [-0.2, 0) is 11.3 Å². The van der Waals surface area contributed by atoms with Crippen LogP contribution in [-0.4, -0.2) is 41.5 Å². The van der Waals surface area contributed by atoms with E-state index in [1.807, 2.05) is 0 Å². The van der Waals surface area contributed by atoms with Crippen LogP contribution in [0.2, 0.25) is 0 Å². The van der Waals surface area contributed by atoms with Gasteiger partial charge in [0.15, 0.2) is 0 Å². The number of aromatic nitrogens is 2. The smallest absolute Gasteiger partial charge is 0.338 e. The third-order valence-electron chi connectivity index (χ3n) is 3.59. The van der Waals surface area contributed by atoms with Crippen molar-refractivity contribution in [3.8, 4) is 0 Å². The van der Waals surface area contributed by atoms with Crippen LogP contribution < -0.4 is 0 Å². The zero-order valence-electron chi connectivity index (χ0n) is 13.2. The maximum Gasteiger partial charge on any atom is 0.338 e. The van der Waals surface area contributed by atoms with Crippen molar-refractivity contribution in [3.63, 3.8) is 0 Å². The Morgan fingerprint density at radius 3 is 2.56 bits per heavy atom. The highest BCUT2D eigenvalue weighted by Crippen LogP contribution is 2.23. The quantitative estimate of drug-likeness (QED) is 0.236. The zero-order chi connectivity index (χ0) is 18.3. The molecule has 0 aliphatic carbocycles. The average Bonchev–Trinajstić information content (AvgIpc) is 3.06. The van der Waals surface area contributed by atoms with Crippen LogP contribution >= 0.6 is 0 Å². The number of esters is 1. The van der Waals surface area contributed by atoms with Gasteiger partial charge in [-0.2, -0.15) is 10.0 Å². The van der Waals surface area contributed by atoms with E-state index in [0.717, 1.165) is 0 Å². The second-order valence-electron chi connectivity index (χ2n) is 5.13. The predicted octanol–water partition coefficient (Wildman–Crippen LogP) is 2.95. The number of rotatable bonds is 8. The third-order valence-corrected chi connectivity index (χ3v) is 3.59. The molecule has 0 unspecified atom stereocenters. The standard InChI is InChI=1S/C13H13N9O3/c1-25-12(23)9-3-2-4-11-10(9)5-18-22(11)8-13(19-24,6-16-20-14)7-17-21-15/h2-5H,6-8H2,1H3. The SMILES string of the molecule is COC(=O)c1cccc2c1cnn2CC(CN=[N+]=[N-])(CN=[N+]=[N-])N=O. The normalized spacial score (nSPS) is 12.5. The van der Waals surface area contributed by atoms with E-state index in [-0.39, 0.29) is 19.6 Å². The minimum absolute atomic E-state index is 0.0946. The van der Waals surface area contributed by atoms with Crippen molar-refractivity contribution in [1.29, 1.82) is 0 Å². The number of carbonyl (C=O) groups excluding carboxylic acids is 1. The van der Waals surface area contributed by atoms with Gasteiger partial charge in [0.1, 0.15) is 5.54 Å². The maximum atomic E-state index is 11.8. The molecule has 0 N–H and O–H groups in total. The maximum absolute atomic E-state index is 11.8. The monoisotopic (exact) mass is 343 g/mol. The lowest BCUT2D eigenvalue weighted by Gasteiger charge is -2.22. The molecule has 0 atom stereocenters. The van der Waals surface area contributed by atoms with Gasteiger partial charge in [0.25, 0.3) is 0 Å². The molecule has 0 amide bonds. The molecule has 1 heterocycles. The average molecular weight is 343 g/mol. The zero-order valence-corrected chi connectivity index (χ0v) is 13.2. The third kappa shape index (κ3) is 3.66. The first-order valence-electron chi connectivity index (χ1n) is 7.00. The summed E-state index contributed by atoms with van der Waals surface area (Å²) in [5, 5.41) is 14.5. The molecule has 1 aromatic carbocycles. The molecule has 0 spiro atoms. The van der Waals surface area contributed by atoms with Crippen molar-refractivity contribution in [2.45, 2.75) is 12.1 Å². The fourth-order valence-electron chi connectivity index (χ4n) is 2.36. The molecule has 12 heteroatoms. The van der Waals surface area contributed by atoms with E-state index < -0.39 is 11.5 Å². The van der Waals surface area contributed by atoms with Crippen LogP contribution in [0.15, 0.2) is 39.8 Å². The molecule has 2 rings (SSSR count). The molecule has 0 saturated carbocycles. The molecule has 12 nitrogen and oxygen atoms in total. The minimum atomic E-state index is -1.49. The van der Waals surface area contributed by atoms with Gasteiger partial charge in [-0.15, -0.1) is 0 Å². The molecule has 1 aromatic heterocycles. The first kappa shape index (κ1) is 17.7. The van der Waals surface area contributed by atoms with E-state index in [4.69, 9.17) is 15.8 Å². The van der Waals surface area contributed by atoms with E-state index in [9.17, 15) is 9.70 Å². The summed E-state index contributed by atoms with van der Waals surface area (Å²) in [6, 6.07) is 4.93. The molecule has 128 valence electrons. The number of hydrogen-bond donors (Lipinski definition) is 0. The van der Waals surface area contributed by atoms with Crippen LogP contribution in [0, 0.1) is 4.91 Å². The Hall–Kier alpha value is -3.62. The fourth-order valence-corrected chi connectivity index (χ4v) is 2.36. The van der Waals surface area contributed by atoms with Gasteiger partial charge in [0.2, 0.25) is 0 Å². The minimum Gasteiger partial charge on any atom is -0.465 e. The lowest BCUT2D eigenvalue weighted by Crippen LogP contribution is -2.38. The first-order chi connectivity index (χ1) is 12.1. The highest BCUT2D eigenvalue weighted by Gasteiger charge is 2.32. The van der Waals surface area contributed by atoms with Gasteiger partial charge in [-0.3, -0.25) is 4.68 Å². The van der Waals surface area contributed by atoms with Crippen molar-refractivity contribution in [2.24, 2.45) is 15.4 Å². The second kappa shape index (κ2) is 7.77. The van der Waals surface area contributed by atoms with Gasteiger partial charge in [0.05, 0.1) is 44.0 Å². The number of nitroso groups, excluding NO2 is 1. The van der Waals surface area contributed by atoms with Crippen LogP contribution in [0.5, 0.6) is 0 Å². The molecule has 0 bridgehead atoms. The summed E-state index contributed by atoms with van der Waals surface area (Å²) in [4.78, 5) is 28.4. The van der Waals surface area contributed by atoms with Crippen molar-refractivity contribution in [1.82, 2.24) is 9.78 Å². The second-order valence-corrected chi connectivity index (χ2v) is 5.13. The van der Waals surface area contributed by atoms with Gasteiger partial charge < -0.3 is 4.74 Å². The largest absolute Gasteiger partial charge is 0.465 e. The summed E-state index contributed by atoms with van der Waals surface area (Å²) in [7, 11) is 1.27. The Labute approximate surface area is 140 Å². The van der Waals surface area contributed by atoms with Gasteiger partial charge in [-0.05, 0) is 23.2 Å². The topological polar surface area (TPSA) is 171 Å². The Morgan fingerprint density at radius 2 is 2.00 bits per heavy atom. The molecule has 2 aromatic rings. The molecular weight excluding hydrogens is 330 g/mol. The molecule has 0 aliphatic heterocycles. The number of fused-ring (bicyclic) bond motifs is 1. The number of benzene rings is 1. The van der Waals surface area contributed by atoms with Crippen molar-refractivity contribution >= 4 is 16.9 Å². The number of azide groups is 2. The summed E-state index contributed by atoms with van der Waals surface area (Å²) >= 11 is 0. The van der Waals surface area contributed by atoms with Gasteiger partial charge in [0, 0.05) is 15.2 Å². The van der Waals surface area contributed by atoms with E-state index in [2.05, 4.69) is 30.3 Å². The van der Waals surface area contributed by atoms with Gasteiger partial charge in [-0.25, -0.2) is 4.79 Å². The number of carbonyl (C=O) groups is 1. The summed E-state index contributed by atoms with van der Waals surface area (Å²) < 4.78 is 6.16. The molecular formula is C13H13N9O3. The summed E-state index contributed by atoms with van der Waals surface area (Å²) in [5.41, 5.74) is 16.4. The lowest BCUT2D eigenvalue weighted by atomic mass is 10.0. The van der Waals surface area contributed by atoms with E-state index >= 15 is 0 Å². The summed E-state index contributed by atoms with van der Waals surface area (Å²) in [6.07, 6.45) is 1.46. The Balaban J connectivity index is 2.49. The fraction of sp³-hybridized carbons (Fsp3) is 0.385. The van der Waals surface area contributed by atoms with Crippen molar-refractivity contribution < 1.29 is 9.53 Å². The Kier molecular flexibility index (Phi) is 5.51. The van der Waals surface area contributed by atoms with Crippen LogP contribution in [0.1, 0.15) is 10.4 Å². The number of methoxy groups -OCH3 is 1. The van der Waals surface area contributed by atoms with Crippen LogP contribution in [0.4, 0.5) is 0 Å². The van der Waals surface area contributed by atoms with Gasteiger partial charge in [-0.1, -0.05) is 21.5 Å². The van der Waals surface area contributed by atoms with Crippen molar-refractivity contribution in [3.05, 3.63) is 55.8 Å². The highest BCUT2D eigenvalue weighted by atomic mass is 16.5. The predicted molar refractivity (Wildman–Crippen MR) is 87.6 cm³/mol. The number of hydrogen-bond acceptors (Lipinski definition) is 7. The summed E-state index contributed by atoms with van der Waals surface area (Å²) in [5.74, 6) is -0.520. The Bertz CT molecular complexity index is 873. The van der Waals surface area contributed by atoms with E-state index in [1.54, 1.807) is 18.2 Å². The van der Waals surface area contributed by atoms with E-state index in [0.29, 0.717) is 16.5 Å². The van der Waals surface area contributed by atoms with Crippen molar-refractivity contribution in [2.75, 3.05) is 20.2 Å².